The second kappa shape index (κ2) is 7.74. The van der Waals surface area contributed by atoms with E-state index in [9.17, 15) is 13.2 Å². The molecule has 134 valence electrons. The highest BCUT2D eigenvalue weighted by atomic mass is 79.9. The van der Waals surface area contributed by atoms with Crippen LogP contribution in [0.3, 0.4) is 0 Å². The number of piperidine rings is 1. The molecule has 1 fully saturated rings. The van der Waals surface area contributed by atoms with Crippen LogP contribution in [0, 0.1) is 0 Å². The number of aromatic nitrogens is 1. The first-order valence-electron chi connectivity index (χ1n) is 8.18. The number of hydrogen-bond donors (Lipinski definition) is 1. The molecule has 0 atom stereocenters. The highest BCUT2D eigenvalue weighted by Crippen LogP contribution is 2.29. The Morgan fingerprint density at radius 2 is 1.92 bits per heavy atom. The molecule has 1 aromatic carbocycles. The normalized spacial score (nSPS) is 16.2. The molecule has 0 saturated carbocycles. The summed E-state index contributed by atoms with van der Waals surface area (Å²) in [6.07, 6.45) is -1.55. The van der Waals surface area contributed by atoms with Gasteiger partial charge in [0.1, 0.15) is 5.82 Å². The zero-order valence-electron chi connectivity index (χ0n) is 13.6. The summed E-state index contributed by atoms with van der Waals surface area (Å²) >= 11 is 3.47. The number of nitrogens with zero attached hydrogens (tertiary/aromatic N) is 2. The lowest BCUT2D eigenvalue weighted by atomic mass is 10.0. The van der Waals surface area contributed by atoms with Crippen LogP contribution in [0.5, 0.6) is 0 Å². The van der Waals surface area contributed by atoms with E-state index in [1.807, 2.05) is 17.0 Å². The minimum absolute atomic E-state index is 0.407. The van der Waals surface area contributed by atoms with Crippen molar-refractivity contribution in [2.45, 2.75) is 31.6 Å². The summed E-state index contributed by atoms with van der Waals surface area (Å²) in [7, 11) is 0. The van der Waals surface area contributed by atoms with Gasteiger partial charge in [-0.15, -0.1) is 0 Å². The topological polar surface area (TPSA) is 28.2 Å². The van der Waals surface area contributed by atoms with E-state index in [1.54, 1.807) is 0 Å². The predicted octanol–water partition coefficient (Wildman–Crippen LogP) is 4.62. The molecule has 25 heavy (non-hydrogen) atoms. The van der Waals surface area contributed by atoms with Crippen LogP contribution in [-0.4, -0.2) is 24.1 Å². The van der Waals surface area contributed by atoms with Gasteiger partial charge in [-0.2, -0.15) is 13.2 Å². The third-order valence-corrected chi connectivity index (χ3v) is 4.87. The van der Waals surface area contributed by atoms with E-state index in [1.165, 1.54) is 11.6 Å². The Kier molecular flexibility index (Phi) is 5.64. The average molecular weight is 414 g/mol. The number of halogens is 4. The Hall–Kier alpha value is -1.60. The van der Waals surface area contributed by atoms with Gasteiger partial charge in [0.2, 0.25) is 0 Å². The number of hydrogen-bond acceptors (Lipinski definition) is 3. The molecule has 0 unspecified atom stereocenters. The van der Waals surface area contributed by atoms with Gasteiger partial charge in [0, 0.05) is 36.3 Å². The summed E-state index contributed by atoms with van der Waals surface area (Å²) < 4.78 is 38.9. The van der Waals surface area contributed by atoms with Gasteiger partial charge in [-0.05, 0) is 42.7 Å². The van der Waals surface area contributed by atoms with E-state index in [0.29, 0.717) is 11.9 Å². The van der Waals surface area contributed by atoms with E-state index >= 15 is 0 Å². The van der Waals surface area contributed by atoms with Gasteiger partial charge in [0.05, 0.1) is 5.56 Å². The van der Waals surface area contributed by atoms with Crippen molar-refractivity contribution in [2.24, 2.45) is 0 Å². The first-order chi connectivity index (χ1) is 11.9. The summed E-state index contributed by atoms with van der Waals surface area (Å²) in [6, 6.07) is 11.1. The van der Waals surface area contributed by atoms with Gasteiger partial charge in [0.15, 0.2) is 0 Å². The molecule has 2 aromatic rings. The molecule has 1 aliphatic heterocycles. The van der Waals surface area contributed by atoms with Crippen LogP contribution in [0.2, 0.25) is 0 Å². The molecule has 7 heteroatoms. The van der Waals surface area contributed by atoms with Crippen molar-refractivity contribution in [3.63, 3.8) is 0 Å². The molecule has 2 heterocycles. The standard InChI is InChI=1S/C18H19BrF3N3/c19-15-3-1-2-13(10-15)11-23-16-6-8-25(9-7-16)17-5-4-14(12-24-17)18(20,21)22/h1-5,10,12,16,23H,6-9,11H2. The van der Waals surface area contributed by atoms with Crippen LogP contribution in [-0.2, 0) is 12.7 Å². The molecule has 3 rings (SSSR count). The molecule has 0 radical (unpaired) electrons. The Labute approximate surface area is 153 Å². The predicted molar refractivity (Wildman–Crippen MR) is 95.5 cm³/mol. The molecule has 0 bridgehead atoms. The number of nitrogens with one attached hydrogen (secondary N) is 1. The van der Waals surface area contributed by atoms with Crippen LogP contribution in [0.4, 0.5) is 19.0 Å². The Morgan fingerprint density at radius 3 is 2.52 bits per heavy atom. The first-order valence-corrected chi connectivity index (χ1v) is 8.97. The number of pyridine rings is 1. The minimum atomic E-state index is -4.34. The molecule has 0 amide bonds. The van der Waals surface area contributed by atoms with Crippen molar-refractivity contribution in [2.75, 3.05) is 18.0 Å². The van der Waals surface area contributed by atoms with Crippen molar-refractivity contribution in [1.29, 1.82) is 0 Å². The van der Waals surface area contributed by atoms with Crippen LogP contribution in [0.15, 0.2) is 47.1 Å². The van der Waals surface area contributed by atoms with Gasteiger partial charge >= 0.3 is 6.18 Å². The zero-order valence-corrected chi connectivity index (χ0v) is 15.1. The molecular formula is C18H19BrF3N3. The number of benzene rings is 1. The van der Waals surface area contributed by atoms with Crippen LogP contribution >= 0.6 is 15.9 Å². The molecule has 1 N–H and O–H groups in total. The molecule has 1 saturated heterocycles. The van der Waals surface area contributed by atoms with E-state index in [0.717, 1.165) is 49.2 Å². The fourth-order valence-corrected chi connectivity index (χ4v) is 3.41. The quantitative estimate of drug-likeness (QED) is 0.792. The van der Waals surface area contributed by atoms with Crippen molar-refractivity contribution < 1.29 is 13.2 Å². The minimum Gasteiger partial charge on any atom is -0.357 e. The van der Waals surface area contributed by atoms with Gasteiger partial charge < -0.3 is 10.2 Å². The number of alkyl halides is 3. The molecular weight excluding hydrogens is 395 g/mol. The lowest BCUT2D eigenvalue weighted by Gasteiger charge is -2.33. The highest BCUT2D eigenvalue weighted by molar-refractivity contribution is 9.10. The number of anilines is 1. The molecule has 0 spiro atoms. The third-order valence-electron chi connectivity index (χ3n) is 4.38. The summed E-state index contributed by atoms with van der Waals surface area (Å²) in [5.41, 5.74) is 0.517. The lowest BCUT2D eigenvalue weighted by molar-refractivity contribution is -0.137. The maximum Gasteiger partial charge on any atom is 0.417 e. The monoisotopic (exact) mass is 413 g/mol. The molecule has 1 aliphatic rings. The second-order valence-electron chi connectivity index (χ2n) is 6.17. The van der Waals surface area contributed by atoms with Crippen LogP contribution in [0.25, 0.3) is 0 Å². The van der Waals surface area contributed by atoms with Crippen molar-refractivity contribution in [3.8, 4) is 0 Å². The van der Waals surface area contributed by atoms with Crippen molar-refractivity contribution >= 4 is 21.7 Å². The first kappa shape index (κ1) is 18.2. The molecule has 0 aliphatic carbocycles. The summed E-state index contributed by atoms with van der Waals surface area (Å²) in [6.45, 7) is 2.38. The van der Waals surface area contributed by atoms with Gasteiger partial charge in [-0.1, -0.05) is 28.1 Å². The Morgan fingerprint density at radius 1 is 1.16 bits per heavy atom. The average Bonchev–Trinajstić information content (AvgIpc) is 2.60. The summed E-state index contributed by atoms with van der Waals surface area (Å²) in [4.78, 5) is 6.02. The lowest BCUT2D eigenvalue weighted by Crippen LogP contribution is -2.42. The molecule has 3 nitrogen and oxygen atoms in total. The van der Waals surface area contributed by atoms with Gasteiger partial charge in [-0.25, -0.2) is 4.98 Å². The largest absolute Gasteiger partial charge is 0.417 e. The van der Waals surface area contributed by atoms with Crippen molar-refractivity contribution in [3.05, 3.63) is 58.2 Å². The molecule has 1 aromatic heterocycles. The zero-order chi connectivity index (χ0) is 17.9. The fourth-order valence-electron chi connectivity index (χ4n) is 2.96. The van der Waals surface area contributed by atoms with Crippen molar-refractivity contribution in [1.82, 2.24) is 10.3 Å². The SMILES string of the molecule is FC(F)(F)c1ccc(N2CCC(NCc3cccc(Br)c3)CC2)nc1. The second-order valence-corrected chi connectivity index (χ2v) is 7.09. The highest BCUT2D eigenvalue weighted by Gasteiger charge is 2.31. The summed E-state index contributed by atoms with van der Waals surface area (Å²) in [5, 5.41) is 3.55. The van der Waals surface area contributed by atoms with E-state index in [-0.39, 0.29) is 0 Å². The smallest absolute Gasteiger partial charge is 0.357 e. The Balaban J connectivity index is 1.50. The van der Waals surface area contributed by atoms with Gasteiger partial charge in [-0.3, -0.25) is 0 Å². The number of rotatable bonds is 4. The fraction of sp³-hybridized carbons (Fsp3) is 0.389. The van der Waals surface area contributed by atoms with E-state index in [4.69, 9.17) is 0 Å². The van der Waals surface area contributed by atoms with Crippen LogP contribution in [0.1, 0.15) is 24.0 Å². The maximum atomic E-state index is 12.6. The van der Waals surface area contributed by atoms with Gasteiger partial charge in [0.25, 0.3) is 0 Å². The van der Waals surface area contributed by atoms with Crippen LogP contribution < -0.4 is 10.2 Å². The Bertz CT molecular complexity index is 695. The summed E-state index contributed by atoms with van der Waals surface area (Å²) in [5.74, 6) is 0.610. The van der Waals surface area contributed by atoms with E-state index < -0.39 is 11.7 Å². The maximum absolute atomic E-state index is 12.6. The third kappa shape index (κ3) is 4.95. The van der Waals surface area contributed by atoms with E-state index in [2.05, 4.69) is 38.4 Å².